The number of anilines is 3. The van der Waals surface area contributed by atoms with Gasteiger partial charge in [-0.2, -0.15) is 0 Å². The van der Waals surface area contributed by atoms with Crippen LogP contribution in [-0.2, 0) is 21.7 Å². The van der Waals surface area contributed by atoms with E-state index in [1.54, 1.807) is 0 Å². The second-order valence-electron chi connectivity index (χ2n) is 23.9. The molecule has 0 saturated carbocycles. The highest BCUT2D eigenvalue weighted by Gasteiger charge is 2.49. The fraction of sp³-hybridized carbons (Fsp3) is 0.167. The zero-order chi connectivity index (χ0) is 50.7. The van der Waals surface area contributed by atoms with E-state index in [1.807, 2.05) is 0 Å². The third kappa shape index (κ3) is 5.31. The fourth-order valence-electron chi connectivity index (χ4n) is 15.1. The normalized spacial score (nSPS) is 16.2. The molecule has 0 fully saturated rings. The number of hydrogen-bond donors (Lipinski definition) is 0. The third-order valence-corrected chi connectivity index (χ3v) is 18.6. The lowest BCUT2D eigenvalue weighted by molar-refractivity contribution is 0.600. The topological polar surface area (TPSA) is 29.5 Å². The van der Waals surface area contributed by atoms with E-state index in [0.717, 1.165) is 50.2 Å². The largest absolute Gasteiger partial charge is 0.455 e. The van der Waals surface area contributed by atoms with Crippen molar-refractivity contribution in [1.82, 2.24) is 0 Å². The van der Waals surface area contributed by atoms with Crippen LogP contribution < -0.4 is 4.90 Å². The zero-order valence-corrected chi connectivity index (χ0v) is 43.7. The van der Waals surface area contributed by atoms with Gasteiger partial charge in [0, 0.05) is 71.3 Å². The van der Waals surface area contributed by atoms with Crippen molar-refractivity contribution in [2.24, 2.45) is 0 Å². The summed E-state index contributed by atoms with van der Waals surface area (Å²) in [5, 5.41) is 4.73. The van der Waals surface area contributed by atoms with Gasteiger partial charge >= 0.3 is 0 Å². The van der Waals surface area contributed by atoms with Gasteiger partial charge in [-0.25, -0.2) is 0 Å². The smallest absolute Gasteiger partial charge is 0.144 e. The molecule has 0 amide bonds. The van der Waals surface area contributed by atoms with E-state index in [-0.39, 0.29) is 21.7 Å². The van der Waals surface area contributed by atoms with Gasteiger partial charge in [0.25, 0.3) is 0 Å². The van der Waals surface area contributed by atoms with Gasteiger partial charge in [-0.3, -0.25) is 0 Å². The lowest BCUT2D eigenvalue weighted by Crippen LogP contribution is -2.24. The Bertz CT molecular complexity index is 4530. The Morgan fingerprint density at radius 2 is 0.800 bits per heavy atom. The van der Waals surface area contributed by atoms with Crippen molar-refractivity contribution in [2.45, 2.75) is 77.0 Å². The van der Waals surface area contributed by atoms with Crippen molar-refractivity contribution in [3.05, 3.63) is 233 Å². The highest BCUT2D eigenvalue weighted by Crippen LogP contribution is 2.65. The highest BCUT2D eigenvalue weighted by atomic mass is 16.3. The number of fused-ring (bicyclic) bond motifs is 22. The molecule has 16 rings (SSSR count). The van der Waals surface area contributed by atoms with E-state index in [4.69, 9.17) is 8.83 Å². The lowest BCUT2D eigenvalue weighted by atomic mass is 9.72. The molecule has 0 bridgehead atoms. The van der Waals surface area contributed by atoms with Gasteiger partial charge in [-0.05, 0) is 132 Å². The molecule has 0 atom stereocenters. The molecule has 0 spiro atoms. The van der Waals surface area contributed by atoms with Crippen molar-refractivity contribution >= 4 is 60.9 Å². The number of hydrogen-bond acceptors (Lipinski definition) is 3. The highest BCUT2D eigenvalue weighted by molar-refractivity contribution is 6.22. The molecule has 0 saturated heterocycles. The summed E-state index contributed by atoms with van der Waals surface area (Å²) in [4.78, 5) is 2.58. The summed E-state index contributed by atoms with van der Waals surface area (Å²) in [6.45, 7) is 19.4. The van der Waals surface area contributed by atoms with E-state index in [1.165, 1.54) is 111 Å². The first-order chi connectivity index (χ1) is 36.3. The molecule has 2 aromatic heterocycles. The Morgan fingerprint density at radius 3 is 1.48 bits per heavy atom. The molecule has 3 nitrogen and oxygen atoms in total. The third-order valence-electron chi connectivity index (χ3n) is 18.6. The van der Waals surface area contributed by atoms with Crippen LogP contribution in [0.2, 0.25) is 0 Å². The molecule has 4 aliphatic carbocycles. The van der Waals surface area contributed by atoms with Crippen LogP contribution in [0, 0.1) is 0 Å². The standard InChI is InChI=1S/C72H55NO2/c1-69(2)50-27-16-12-23-43(50)59-52(69)29-20-30-56(59)73(41-33-35-45-53(37-41)70(3,4)55-39-49(40-21-10-9-11-22-40)67-62(60(45)55)47-25-14-18-31-57(47)74-67)42-34-36-46-54(38-42)72(7,8)65-61(46)63-48-26-15-19-32-58(48)75-68(63)64-44-24-13-17-28-51(44)71(5,6)66(64)65/h9-39H,1-8H3. The maximum Gasteiger partial charge on any atom is 0.144 e. The molecule has 12 aromatic rings. The molecule has 0 unspecified atom stereocenters. The van der Waals surface area contributed by atoms with E-state index in [9.17, 15) is 0 Å². The quantitative estimate of drug-likeness (QED) is 0.176. The van der Waals surface area contributed by atoms with Gasteiger partial charge in [0.1, 0.15) is 22.3 Å². The molecule has 2 heterocycles. The predicted octanol–water partition coefficient (Wildman–Crippen LogP) is 19.8. The van der Waals surface area contributed by atoms with E-state index >= 15 is 0 Å². The Hall–Kier alpha value is -8.40. The maximum absolute atomic E-state index is 7.05. The number of para-hydroxylation sites is 2. The van der Waals surface area contributed by atoms with Crippen molar-refractivity contribution in [2.75, 3.05) is 4.90 Å². The lowest BCUT2D eigenvalue weighted by Gasteiger charge is -2.32. The summed E-state index contributed by atoms with van der Waals surface area (Å²) in [7, 11) is 0. The number of benzene rings is 10. The fourth-order valence-corrected chi connectivity index (χ4v) is 15.1. The van der Waals surface area contributed by atoms with Crippen LogP contribution in [0.15, 0.2) is 197 Å². The van der Waals surface area contributed by atoms with Crippen molar-refractivity contribution in [1.29, 1.82) is 0 Å². The molecule has 3 heteroatoms. The Balaban J connectivity index is 0.957. The van der Waals surface area contributed by atoms with Crippen molar-refractivity contribution in [3.8, 4) is 55.6 Å². The van der Waals surface area contributed by atoms with Crippen LogP contribution in [-0.4, -0.2) is 0 Å². The van der Waals surface area contributed by atoms with Gasteiger partial charge in [-0.15, -0.1) is 0 Å². The summed E-state index contributed by atoms with van der Waals surface area (Å²) in [6, 6.07) is 70.2. The van der Waals surface area contributed by atoms with Gasteiger partial charge in [0.05, 0.1) is 5.69 Å². The van der Waals surface area contributed by atoms with E-state index in [2.05, 4.69) is 248 Å². The Kier molecular flexibility index (Phi) is 8.18. The van der Waals surface area contributed by atoms with Gasteiger partial charge < -0.3 is 13.7 Å². The maximum atomic E-state index is 7.05. The van der Waals surface area contributed by atoms with Gasteiger partial charge in [0.15, 0.2) is 0 Å². The van der Waals surface area contributed by atoms with Crippen LogP contribution in [0.3, 0.4) is 0 Å². The average molecular weight is 966 g/mol. The Labute approximate surface area is 437 Å². The second kappa shape index (κ2) is 14.3. The molecule has 75 heavy (non-hydrogen) atoms. The monoisotopic (exact) mass is 965 g/mol. The van der Waals surface area contributed by atoms with E-state index < -0.39 is 0 Å². The molecular weight excluding hydrogens is 911 g/mol. The summed E-state index contributed by atoms with van der Waals surface area (Å²) in [5.74, 6) is 0. The van der Waals surface area contributed by atoms with Crippen LogP contribution in [0.5, 0.6) is 0 Å². The molecule has 0 aliphatic heterocycles. The number of furan rings is 2. The first kappa shape index (κ1) is 43.0. The predicted molar refractivity (Wildman–Crippen MR) is 311 cm³/mol. The minimum atomic E-state index is -0.355. The molecular formula is C72H55NO2. The SMILES string of the molecule is CC1(C)c2ccccc2-c2c(N(c3ccc4c(c3)C(C)(C)c3cc(-c5ccccc5)c5oc6ccccc6c5c3-4)c3ccc4c(c3)C(C)(C)c3c5c(c6oc7ccccc7c6c3-4)-c3ccccc3C5(C)C)cccc21. The Morgan fingerprint density at radius 1 is 0.320 bits per heavy atom. The second-order valence-corrected chi connectivity index (χ2v) is 23.9. The minimum Gasteiger partial charge on any atom is -0.455 e. The molecule has 360 valence electrons. The van der Waals surface area contributed by atoms with Crippen LogP contribution in [0.1, 0.15) is 99.9 Å². The van der Waals surface area contributed by atoms with Crippen molar-refractivity contribution < 1.29 is 8.83 Å². The van der Waals surface area contributed by atoms with Crippen molar-refractivity contribution in [3.63, 3.8) is 0 Å². The number of rotatable bonds is 4. The van der Waals surface area contributed by atoms with Crippen LogP contribution >= 0.6 is 0 Å². The first-order valence-electron chi connectivity index (χ1n) is 26.8. The zero-order valence-electron chi connectivity index (χ0n) is 43.7. The van der Waals surface area contributed by atoms with Gasteiger partial charge in [-0.1, -0.05) is 195 Å². The minimum absolute atomic E-state index is 0.171. The number of nitrogens with zero attached hydrogens (tertiary/aromatic N) is 1. The summed E-state index contributed by atoms with van der Waals surface area (Å²) in [5.41, 5.74) is 29.5. The molecule has 0 N–H and O–H groups in total. The van der Waals surface area contributed by atoms with Crippen LogP contribution in [0.25, 0.3) is 99.5 Å². The molecule has 0 radical (unpaired) electrons. The summed E-state index contributed by atoms with van der Waals surface area (Å²) < 4.78 is 13.9. The average Bonchev–Trinajstić information content (AvgIpc) is 4.42. The van der Waals surface area contributed by atoms with Crippen LogP contribution in [0.4, 0.5) is 17.1 Å². The molecule has 4 aliphatic rings. The summed E-state index contributed by atoms with van der Waals surface area (Å²) >= 11 is 0. The van der Waals surface area contributed by atoms with E-state index in [0.29, 0.717) is 0 Å². The summed E-state index contributed by atoms with van der Waals surface area (Å²) in [6.07, 6.45) is 0. The molecule has 10 aromatic carbocycles. The first-order valence-corrected chi connectivity index (χ1v) is 26.8. The van der Waals surface area contributed by atoms with Gasteiger partial charge in [0.2, 0.25) is 0 Å².